The average Bonchev–Trinajstić information content (AvgIpc) is 3.49. The largest absolute Gasteiger partial charge is 0.376 e. The van der Waals surface area contributed by atoms with Crippen LogP contribution in [0.4, 0.5) is 5.82 Å². The van der Waals surface area contributed by atoms with Gasteiger partial charge in [-0.25, -0.2) is 4.98 Å². The van der Waals surface area contributed by atoms with Gasteiger partial charge in [-0.2, -0.15) is 0 Å². The highest BCUT2D eigenvalue weighted by molar-refractivity contribution is 5.84. The summed E-state index contributed by atoms with van der Waals surface area (Å²) in [5, 5.41) is 4.45. The van der Waals surface area contributed by atoms with Crippen LogP contribution < -0.4 is 10.2 Å². The van der Waals surface area contributed by atoms with E-state index in [1.165, 1.54) is 29.4 Å². The van der Waals surface area contributed by atoms with E-state index >= 15 is 0 Å². The van der Waals surface area contributed by atoms with Crippen LogP contribution in [-0.4, -0.2) is 42.7 Å². The van der Waals surface area contributed by atoms with Crippen molar-refractivity contribution in [2.45, 2.75) is 65.0 Å². The fourth-order valence-corrected chi connectivity index (χ4v) is 5.55. The van der Waals surface area contributed by atoms with Gasteiger partial charge in [-0.1, -0.05) is 13.0 Å². The van der Waals surface area contributed by atoms with E-state index in [2.05, 4.69) is 48.3 Å². The van der Waals surface area contributed by atoms with Crippen molar-refractivity contribution in [2.75, 3.05) is 24.6 Å². The van der Waals surface area contributed by atoms with Crippen LogP contribution in [0.5, 0.6) is 0 Å². The molecule has 2 heterocycles. The Kier molecular flexibility index (Phi) is 5.63. The summed E-state index contributed by atoms with van der Waals surface area (Å²) in [7, 11) is 0. The predicted molar refractivity (Wildman–Crippen MR) is 124 cm³/mol. The summed E-state index contributed by atoms with van der Waals surface area (Å²) in [6.07, 6.45) is 5.82. The van der Waals surface area contributed by atoms with Gasteiger partial charge in [0.1, 0.15) is 5.82 Å². The molecule has 0 bridgehead atoms. The van der Waals surface area contributed by atoms with Gasteiger partial charge in [0.25, 0.3) is 0 Å². The SMILES string of the molecule is CCc1ccc2nc(N3C[C@H]4C[C@@H](NC(C)=O)[C@H](OCC5CC5)C[C@H]4C3)cc(C)c2c1. The van der Waals surface area contributed by atoms with Crippen molar-refractivity contribution in [1.82, 2.24) is 10.3 Å². The summed E-state index contributed by atoms with van der Waals surface area (Å²) in [4.78, 5) is 19.3. The Labute approximate surface area is 185 Å². The Balaban J connectivity index is 1.33. The molecule has 5 rings (SSSR count). The number of ether oxygens (including phenoxy) is 1. The van der Waals surface area contributed by atoms with Crippen molar-refractivity contribution in [3.63, 3.8) is 0 Å². The lowest BCUT2D eigenvalue weighted by Crippen LogP contribution is -2.50. The van der Waals surface area contributed by atoms with E-state index in [0.29, 0.717) is 11.8 Å². The number of anilines is 1. The molecule has 0 radical (unpaired) electrons. The van der Waals surface area contributed by atoms with Crippen LogP contribution in [0.3, 0.4) is 0 Å². The van der Waals surface area contributed by atoms with Crippen LogP contribution in [0.1, 0.15) is 50.7 Å². The molecular formula is C26H35N3O2. The molecule has 0 unspecified atom stereocenters. The first kappa shape index (κ1) is 20.7. The smallest absolute Gasteiger partial charge is 0.217 e. The summed E-state index contributed by atoms with van der Waals surface area (Å²) in [6.45, 7) is 8.92. The standard InChI is InChI=1S/C26H35N3O2/c1-4-18-7-8-23-22(10-18)16(2)9-26(28-23)29-13-20-11-24(27-17(3)30)25(12-21(20)14-29)31-15-19-5-6-19/h7-10,19-21,24-25H,4-6,11-15H2,1-3H3,(H,27,30)/t20-,21+,24-,25-/m1/s1. The summed E-state index contributed by atoms with van der Waals surface area (Å²) >= 11 is 0. The molecule has 31 heavy (non-hydrogen) atoms. The van der Waals surface area contributed by atoms with Crippen molar-refractivity contribution >= 4 is 22.6 Å². The molecule has 2 saturated carbocycles. The van der Waals surface area contributed by atoms with Gasteiger partial charge in [0.2, 0.25) is 5.91 Å². The van der Waals surface area contributed by atoms with Gasteiger partial charge in [-0.15, -0.1) is 0 Å². The predicted octanol–water partition coefficient (Wildman–Crippen LogP) is 4.25. The fraction of sp³-hybridized carbons (Fsp3) is 0.615. The zero-order valence-electron chi connectivity index (χ0n) is 19.1. The number of rotatable bonds is 6. The molecule has 166 valence electrons. The second-order valence-corrected chi connectivity index (χ2v) is 10.0. The number of fused-ring (bicyclic) bond motifs is 2. The van der Waals surface area contributed by atoms with E-state index in [4.69, 9.17) is 9.72 Å². The molecular weight excluding hydrogens is 386 g/mol. The lowest BCUT2D eigenvalue weighted by Gasteiger charge is -2.38. The molecule has 1 aromatic heterocycles. The van der Waals surface area contributed by atoms with Crippen molar-refractivity contribution in [2.24, 2.45) is 17.8 Å². The molecule has 1 aromatic carbocycles. The van der Waals surface area contributed by atoms with Crippen molar-refractivity contribution in [3.05, 3.63) is 35.4 Å². The number of carbonyl (C=O) groups is 1. The number of benzene rings is 1. The number of amides is 1. The maximum Gasteiger partial charge on any atom is 0.217 e. The van der Waals surface area contributed by atoms with Crippen LogP contribution in [0.2, 0.25) is 0 Å². The minimum Gasteiger partial charge on any atom is -0.376 e. The topological polar surface area (TPSA) is 54.5 Å². The molecule has 0 spiro atoms. The Bertz CT molecular complexity index is 971. The molecule has 1 saturated heterocycles. The normalized spacial score (nSPS) is 28.0. The number of carbonyl (C=O) groups excluding carboxylic acids is 1. The molecule has 1 N–H and O–H groups in total. The lowest BCUT2D eigenvalue weighted by molar-refractivity contribution is -0.122. The van der Waals surface area contributed by atoms with Crippen molar-refractivity contribution < 1.29 is 9.53 Å². The fourth-order valence-electron chi connectivity index (χ4n) is 5.55. The van der Waals surface area contributed by atoms with Gasteiger partial charge < -0.3 is 15.0 Å². The minimum absolute atomic E-state index is 0.0524. The first-order chi connectivity index (χ1) is 15.0. The van der Waals surface area contributed by atoms with Gasteiger partial charge in [0.05, 0.1) is 17.7 Å². The van der Waals surface area contributed by atoms with Crippen LogP contribution >= 0.6 is 0 Å². The van der Waals surface area contributed by atoms with Gasteiger partial charge >= 0.3 is 0 Å². The van der Waals surface area contributed by atoms with Crippen molar-refractivity contribution in [3.8, 4) is 0 Å². The maximum absolute atomic E-state index is 11.8. The number of aromatic nitrogens is 1. The van der Waals surface area contributed by atoms with Crippen LogP contribution in [-0.2, 0) is 16.0 Å². The quantitative estimate of drug-likeness (QED) is 0.758. The lowest BCUT2D eigenvalue weighted by atomic mass is 9.77. The number of aryl methyl sites for hydroxylation is 2. The third-order valence-electron chi connectivity index (χ3n) is 7.55. The minimum atomic E-state index is 0.0524. The number of hydrogen-bond acceptors (Lipinski definition) is 4. The molecule has 3 aliphatic rings. The van der Waals surface area contributed by atoms with E-state index in [0.717, 1.165) is 56.2 Å². The molecule has 5 heteroatoms. The molecule has 2 aromatic rings. The number of pyridine rings is 1. The summed E-state index contributed by atoms with van der Waals surface area (Å²) < 4.78 is 6.32. The highest BCUT2D eigenvalue weighted by atomic mass is 16.5. The van der Waals surface area contributed by atoms with E-state index < -0.39 is 0 Å². The van der Waals surface area contributed by atoms with E-state index in [-0.39, 0.29) is 18.1 Å². The summed E-state index contributed by atoms with van der Waals surface area (Å²) in [5.41, 5.74) is 3.74. The second kappa shape index (κ2) is 8.42. The number of nitrogens with zero attached hydrogens (tertiary/aromatic N) is 2. The van der Waals surface area contributed by atoms with Crippen LogP contribution in [0, 0.1) is 24.7 Å². The number of hydrogen-bond donors (Lipinski definition) is 1. The van der Waals surface area contributed by atoms with Gasteiger partial charge in [-0.3, -0.25) is 4.79 Å². The molecule has 3 fully saturated rings. The monoisotopic (exact) mass is 421 g/mol. The highest BCUT2D eigenvalue weighted by Gasteiger charge is 2.43. The van der Waals surface area contributed by atoms with E-state index in [1.807, 2.05) is 0 Å². The van der Waals surface area contributed by atoms with Gasteiger partial charge in [-0.05, 0) is 86.1 Å². The number of nitrogens with one attached hydrogen (secondary N) is 1. The highest BCUT2D eigenvalue weighted by Crippen LogP contribution is 2.40. The Hall–Kier alpha value is -2.14. The second-order valence-electron chi connectivity index (χ2n) is 10.0. The molecule has 1 amide bonds. The molecule has 1 aliphatic heterocycles. The average molecular weight is 422 g/mol. The Morgan fingerprint density at radius 1 is 1.19 bits per heavy atom. The Morgan fingerprint density at radius 2 is 1.97 bits per heavy atom. The van der Waals surface area contributed by atoms with Crippen molar-refractivity contribution in [1.29, 1.82) is 0 Å². The zero-order chi connectivity index (χ0) is 21.5. The maximum atomic E-state index is 11.8. The van der Waals surface area contributed by atoms with Gasteiger partial charge in [0.15, 0.2) is 0 Å². The van der Waals surface area contributed by atoms with E-state index in [9.17, 15) is 4.79 Å². The summed E-state index contributed by atoms with van der Waals surface area (Å²) in [5.74, 6) is 3.08. The molecule has 4 atom stereocenters. The molecule has 5 nitrogen and oxygen atoms in total. The summed E-state index contributed by atoms with van der Waals surface area (Å²) in [6, 6.07) is 9.04. The zero-order valence-corrected chi connectivity index (χ0v) is 19.1. The molecule has 2 aliphatic carbocycles. The van der Waals surface area contributed by atoms with Gasteiger partial charge in [0, 0.05) is 32.0 Å². The third kappa shape index (κ3) is 4.43. The Morgan fingerprint density at radius 3 is 2.68 bits per heavy atom. The first-order valence-electron chi connectivity index (χ1n) is 12.0. The van der Waals surface area contributed by atoms with Crippen LogP contribution in [0.25, 0.3) is 10.9 Å². The third-order valence-corrected chi connectivity index (χ3v) is 7.55. The van der Waals surface area contributed by atoms with E-state index in [1.54, 1.807) is 6.92 Å². The first-order valence-corrected chi connectivity index (χ1v) is 12.0. The van der Waals surface area contributed by atoms with Crippen LogP contribution in [0.15, 0.2) is 24.3 Å².